The SMILES string of the molecule is COc1ccc(C)cc1CN[C@H]1CCN(S(C)(=O)=O)C[C@H]1C. The molecule has 1 heterocycles. The van der Waals surface area contributed by atoms with Gasteiger partial charge in [-0.1, -0.05) is 24.6 Å². The molecule has 1 fully saturated rings. The fraction of sp³-hybridized carbons (Fsp3) is 0.625. The third-order valence-electron chi connectivity index (χ3n) is 4.33. The van der Waals surface area contributed by atoms with E-state index in [0.29, 0.717) is 25.0 Å². The van der Waals surface area contributed by atoms with Crippen LogP contribution >= 0.6 is 0 Å². The molecule has 1 aromatic carbocycles. The van der Waals surface area contributed by atoms with Crippen molar-refractivity contribution in [2.75, 3.05) is 26.5 Å². The van der Waals surface area contributed by atoms with Crippen molar-refractivity contribution >= 4 is 10.0 Å². The number of piperidine rings is 1. The Morgan fingerprint density at radius 1 is 1.41 bits per heavy atom. The summed E-state index contributed by atoms with van der Waals surface area (Å²) in [7, 11) is -1.40. The molecule has 0 saturated carbocycles. The van der Waals surface area contributed by atoms with E-state index in [-0.39, 0.29) is 0 Å². The second-order valence-electron chi connectivity index (χ2n) is 6.19. The van der Waals surface area contributed by atoms with Crippen LogP contribution in [0.3, 0.4) is 0 Å². The van der Waals surface area contributed by atoms with Gasteiger partial charge in [0.2, 0.25) is 10.0 Å². The molecule has 0 amide bonds. The number of ether oxygens (including phenoxy) is 1. The molecule has 0 aliphatic carbocycles. The largest absolute Gasteiger partial charge is 0.496 e. The second kappa shape index (κ2) is 6.98. The lowest BCUT2D eigenvalue weighted by Crippen LogP contribution is -2.49. The zero-order chi connectivity index (χ0) is 16.3. The first-order valence-electron chi connectivity index (χ1n) is 7.63. The first-order chi connectivity index (χ1) is 10.3. The van der Waals surface area contributed by atoms with Gasteiger partial charge in [0.15, 0.2) is 0 Å². The van der Waals surface area contributed by atoms with E-state index >= 15 is 0 Å². The van der Waals surface area contributed by atoms with Gasteiger partial charge in [0.05, 0.1) is 13.4 Å². The molecule has 0 spiro atoms. The normalized spacial score (nSPS) is 23.5. The van der Waals surface area contributed by atoms with Gasteiger partial charge in [-0.3, -0.25) is 0 Å². The van der Waals surface area contributed by atoms with Gasteiger partial charge in [-0.05, 0) is 25.3 Å². The van der Waals surface area contributed by atoms with Crippen LogP contribution in [0.1, 0.15) is 24.5 Å². The standard InChI is InChI=1S/C16H26N2O3S/c1-12-5-6-16(21-3)14(9-12)10-17-15-7-8-18(11-13(15)2)22(4,19)20/h5-6,9,13,15,17H,7-8,10-11H2,1-4H3/t13-,15+/m1/s1. The summed E-state index contributed by atoms with van der Waals surface area (Å²) in [6.45, 7) is 6.07. The van der Waals surface area contributed by atoms with Crippen molar-refractivity contribution in [3.05, 3.63) is 29.3 Å². The number of hydrogen-bond donors (Lipinski definition) is 1. The van der Waals surface area contributed by atoms with Crippen LogP contribution in [0, 0.1) is 12.8 Å². The molecule has 0 bridgehead atoms. The number of hydrogen-bond acceptors (Lipinski definition) is 4. The molecule has 0 aromatic heterocycles. The average molecular weight is 326 g/mol. The highest BCUT2D eigenvalue weighted by Gasteiger charge is 2.30. The fourth-order valence-electron chi connectivity index (χ4n) is 3.00. The minimum absolute atomic E-state index is 0.291. The van der Waals surface area contributed by atoms with E-state index in [0.717, 1.165) is 24.3 Å². The van der Waals surface area contributed by atoms with Crippen LogP contribution in [0.2, 0.25) is 0 Å². The topological polar surface area (TPSA) is 58.6 Å². The molecule has 22 heavy (non-hydrogen) atoms. The van der Waals surface area contributed by atoms with Crippen LogP contribution in [0.25, 0.3) is 0 Å². The third kappa shape index (κ3) is 4.21. The van der Waals surface area contributed by atoms with E-state index < -0.39 is 10.0 Å². The lowest BCUT2D eigenvalue weighted by Gasteiger charge is -2.36. The molecule has 2 rings (SSSR count). The predicted octanol–water partition coefficient (Wildman–Crippen LogP) is 1.76. The summed E-state index contributed by atoms with van der Waals surface area (Å²) in [6, 6.07) is 6.47. The smallest absolute Gasteiger partial charge is 0.211 e. The highest BCUT2D eigenvalue weighted by Crippen LogP contribution is 2.22. The molecule has 124 valence electrons. The fourth-order valence-corrected chi connectivity index (χ4v) is 3.94. The number of nitrogens with one attached hydrogen (secondary N) is 1. The first kappa shape index (κ1) is 17.2. The summed E-state index contributed by atoms with van der Waals surface area (Å²) in [5.74, 6) is 1.18. The summed E-state index contributed by atoms with van der Waals surface area (Å²) < 4.78 is 30.2. The number of rotatable bonds is 5. The third-order valence-corrected chi connectivity index (χ3v) is 5.60. The second-order valence-corrected chi connectivity index (χ2v) is 8.17. The van der Waals surface area contributed by atoms with Gasteiger partial charge in [-0.2, -0.15) is 0 Å². The maximum atomic E-state index is 11.6. The molecule has 6 heteroatoms. The number of methoxy groups -OCH3 is 1. The summed E-state index contributed by atoms with van der Waals surface area (Å²) >= 11 is 0. The zero-order valence-electron chi connectivity index (χ0n) is 13.8. The Kier molecular flexibility index (Phi) is 5.47. The highest BCUT2D eigenvalue weighted by atomic mass is 32.2. The predicted molar refractivity (Wildman–Crippen MR) is 88.6 cm³/mol. The van der Waals surface area contributed by atoms with E-state index in [1.54, 1.807) is 11.4 Å². The maximum absolute atomic E-state index is 11.6. The molecule has 1 N–H and O–H groups in total. The van der Waals surface area contributed by atoms with Gasteiger partial charge < -0.3 is 10.1 Å². The number of benzene rings is 1. The molecule has 1 aliphatic heterocycles. The molecule has 1 aromatic rings. The molecular formula is C16H26N2O3S. The van der Waals surface area contributed by atoms with E-state index in [2.05, 4.69) is 25.2 Å². The van der Waals surface area contributed by atoms with Gasteiger partial charge in [0, 0.05) is 31.2 Å². The van der Waals surface area contributed by atoms with Gasteiger partial charge >= 0.3 is 0 Å². The number of nitrogens with zero attached hydrogens (tertiary/aromatic N) is 1. The Morgan fingerprint density at radius 2 is 2.14 bits per heavy atom. The van der Waals surface area contributed by atoms with E-state index in [9.17, 15) is 8.42 Å². The van der Waals surface area contributed by atoms with Crippen LogP contribution in [0.4, 0.5) is 0 Å². The van der Waals surface area contributed by atoms with Crippen LogP contribution < -0.4 is 10.1 Å². The molecule has 5 nitrogen and oxygen atoms in total. The summed E-state index contributed by atoms with van der Waals surface area (Å²) in [6.07, 6.45) is 2.12. The Morgan fingerprint density at radius 3 is 2.73 bits per heavy atom. The number of aryl methyl sites for hydroxylation is 1. The highest BCUT2D eigenvalue weighted by molar-refractivity contribution is 7.88. The summed E-state index contributed by atoms with van der Waals surface area (Å²) in [5, 5.41) is 3.56. The summed E-state index contributed by atoms with van der Waals surface area (Å²) in [4.78, 5) is 0. The van der Waals surface area contributed by atoms with E-state index in [4.69, 9.17) is 4.74 Å². The van der Waals surface area contributed by atoms with Crippen LogP contribution in [-0.4, -0.2) is 45.2 Å². The van der Waals surface area contributed by atoms with Crippen molar-refractivity contribution in [3.8, 4) is 5.75 Å². The first-order valence-corrected chi connectivity index (χ1v) is 9.48. The molecule has 0 radical (unpaired) electrons. The Labute approximate surface area is 133 Å². The van der Waals surface area contributed by atoms with Crippen molar-refractivity contribution < 1.29 is 13.2 Å². The molecule has 1 saturated heterocycles. The quantitative estimate of drug-likeness (QED) is 0.896. The van der Waals surface area contributed by atoms with Crippen molar-refractivity contribution in [3.63, 3.8) is 0 Å². The van der Waals surface area contributed by atoms with Crippen molar-refractivity contribution in [2.24, 2.45) is 5.92 Å². The lowest BCUT2D eigenvalue weighted by atomic mass is 9.95. The Balaban J connectivity index is 1.97. The van der Waals surface area contributed by atoms with E-state index in [1.807, 2.05) is 12.1 Å². The Bertz CT molecular complexity index is 616. The number of sulfonamides is 1. The summed E-state index contributed by atoms with van der Waals surface area (Å²) in [5.41, 5.74) is 2.35. The van der Waals surface area contributed by atoms with E-state index in [1.165, 1.54) is 11.8 Å². The van der Waals surface area contributed by atoms with Crippen LogP contribution in [0.15, 0.2) is 18.2 Å². The van der Waals surface area contributed by atoms with Crippen LogP contribution in [0.5, 0.6) is 5.75 Å². The Hall–Kier alpha value is -1.11. The maximum Gasteiger partial charge on any atom is 0.211 e. The molecular weight excluding hydrogens is 300 g/mol. The van der Waals surface area contributed by atoms with Crippen molar-refractivity contribution in [1.82, 2.24) is 9.62 Å². The van der Waals surface area contributed by atoms with Gasteiger partial charge in [-0.15, -0.1) is 0 Å². The lowest BCUT2D eigenvalue weighted by molar-refractivity contribution is 0.219. The minimum Gasteiger partial charge on any atom is -0.496 e. The van der Waals surface area contributed by atoms with Crippen molar-refractivity contribution in [1.29, 1.82) is 0 Å². The molecule has 1 aliphatic rings. The van der Waals surface area contributed by atoms with Gasteiger partial charge in [0.1, 0.15) is 5.75 Å². The van der Waals surface area contributed by atoms with Crippen molar-refractivity contribution in [2.45, 2.75) is 32.9 Å². The van der Waals surface area contributed by atoms with Gasteiger partial charge in [-0.25, -0.2) is 12.7 Å². The monoisotopic (exact) mass is 326 g/mol. The molecule has 0 unspecified atom stereocenters. The average Bonchev–Trinajstić information content (AvgIpc) is 2.45. The van der Waals surface area contributed by atoms with Gasteiger partial charge in [0.25, 0.3) is 0 Å². The minimum atomic E-state index is -3.08. The zero-order valence-corrected chi connectivity index (χ0v) is 14.6. The molecule has 2 atom stereocenters. The van der Waals surface area contributed by atoms with Crippen LogP contribution in [-0.2, 0) is 16.6 Å².